The molecule has 4 rings (SSSR count). The molecule has 3 aromatic rings. The zero-order valence-electron chi connectivity index (χ0n) is 12.0. The summed E-state index contributed by atoms with van der Waals surface area (Å²) in [5.41, 5.74) is 1.23. The maximum Gasteiger partial charge on any atom is 0.195 e. The number of fused-ring (bicyclic) bond motifs is 1. The van der Waals surface area contributed by atoms with Crippen LogP contribution in [0.5, 0.6) is 0 Å². The summed E-state index contributed by atoms with van der Waals surface area (Å²) in [4.78, 5) is 7.98. The molecule has 3 heterocycles. The number of hydrogen-bond donors (Lipinski definition) is 1. The lowest BCUT2D eigenvalue weighted by molar-refractivity contribution is 0.506. The first-order valence-electron chi connectivity index (χ1n) is 7.22. The number of nitrogens with zero attached hydrogens (tertiary/aromatic N) is 3. The minimum absolute atomic E-state index is 0.692. The summed E-state index contributed by atoms with van der Waals surface area (Å²) >= 11 is 1.67. The fourth-order valence-corrected chi connectivity index (χ4v) is 3.26. The molecule has 0 spiro atoms. The molecule has 0 amide bonds. The third-order valence-electron chi connectivity index (χ3n) is 3.81. The van der Waals surface area contributed by atoms with Gasteiger partial charge in [0.05, 0.1) is 18.5 Å². The lowest BCUT2D eigenvalue weighted by Gasteiger charge is -2.17. The number of furan rings is 1. The van der Waals surface area contributed by atoms with Gasteiger partial charge in [-0.3, -0.25) is 4.40 Å². The third kappa shape index (κ3) is 2.56. The minimum atomic E-state index is 0.692. The zero-order chi connectivity index (χ0) is 14.2. The molecule has 0 aliphatic heterocycles. The van der Waals surface area contributed by atoms with E-state index in [4.69, 9.17) is 9.40 Å². The zero-order valence-corrected chi connectivity index (χ0v) is 12.8. The van der Waals surface area contributed by atoms with Gasteiger partial charge in [-0.1, -0.05) is 0 Å². The molecule has 0 aromatic carbocycles. The Hall–Kier alpha value is -1.79. The second-order valence-electron chi connectivity index (χ2n) is 5.53. The van der Waals surface area contributed by atoms with Crippen LogP contribution in [0.15, 0.2) is 34.4 Å². The van der Waals surface area contributed by atoms with Crippen molar-refractivity contribution in [2.75, 3.05) is 11.9 Å². The van der Waals surface area contributed by atoms with Crippen molar-refractivity contribution < 1.29 is 4.42 Å². The number of rotatable bonds is 6. The van der Waals surface area contributed by atoms with Crippen molar-refractivity contribution in [3.8, 4) is 0 Å². The second kappa shape index (κ2) is 5.20. The molecule has 6 heteroatoms. The van der Waals surface area contributed by atoms with Gasteiger partial charge in [0.1, 0.15) is 5.76 Å². The monoisotopic (exact) mass is 302 g/mol. The standard InChI is InChI=1S/C15H18N4OS/c1-18(10-12-3-2-7-20-12)14-13(9-16-11-4-5-11)19-6-8-21-15(19)17-14/h2-3,6-8,11,16H,4-5,9-10H2,1H3. The molecule has 0 unspecified atom stereocenters. The van der Waals surface area contributed by atoms with Crippen LogP contribution in [0, 0.1) is 0 Å². The Kier molecular flexibility index (Phi) is 3.20. The fraction of sp³-hybridized carbons (Fsp3) is 0.400. The van der Waals surface area contributed by atoms with Crippen LogP contribution in [0.3, 0.4) is 0 Å². The van der Waals surface area contributed by atoms with E-state index in [2.05, 4.69) is 33.2 Å². The Morgan fingerprint density at radius 1 is 1.52 bits per heavy atom. The highest BCUT2D eigenvalue weighted by Crippen LogP contribution is 2.27. The summed E-state index contributed by atoms with van der Waals surface area (Å²) in [6, 6.07) is 4.61. The quantitative estimate of drug-likeness (QED) is 0.760. The van der Waals surface area contributed by atoms with E-state index in [1.807, 2.05) is 12.1 Å². The molecule has 1 aliphatic carbocycles. The Bertz CT molecular complexity index is 726. The maximum absolute atomic E-state index is 5.44. The van der Waals surface area contributed by atoms with Gasteiger partial charge in [-0.2, -0.15) is 0 Å². The van der Waals surface area contributed by atoms with Gasteiger partial charge in [0.15, 0.2) is 10.8 Å². The number of anilines is 1. The van der Waals surface area contributed by atoms with Gasteiger partial charge < -0.3 is 14.6 Å². The summed E-state index contributed by atoms with van der Waals surface area (Å²) in [6.45, 7) is 1.59. The predicted molar refractivity (Wildman–Crippen MR) is 83.7 cm³/mol. The van der Waals surface area contributed by atoms with Crippen molar-refractivity contribution in [2.45, 2.75) is 32.0 Å². The Morgan fingerprint density at radius 3 is 3.19 bits per heavy atom. The van der Waals surface area contributed by atoms with Crippen molar-refractivity contribution in [1.82, 2.24) is 14.7 Å². The third-order valence-corrected chi connectivity index (χ3v) is 4.57. The number of aromatic nitrogens is 2. The van der Waals surface area contributed by atoms with Crippen LogP contribution in [0.4, 0.5) is 5.82 Å². The molecule has 21 heavy (non-hydrogen) atoms. The van der Waals surface area contributed by atoms with E-state index < -0.39 is 0 Å². The van der Waals surface area contributed by atoms with E-state index >= 15 is 0 Å². The Balaban J connectivity index is 1.62. The van der Waals surface area contributed by atoms with E-state index in [0.29, 0.717) is 6.04 Å². The molecule has 0 saturated heterocycles. The minimum Gasteiger partial charge on any atom is -0.467 e. The molecule has 0 atom stereocenters. The number of hydrogen-bond acceptors (Lipinski definition) is 5. The van der Waals surface area contributed by atoms with Crippen LogP contribution in [0.2, 0.25) is 0 Å². The topological polar surface area (TPSA) is 45.7 Å². The van der Waals surface area contributed by atoms with Gasteiger partial charge in [-0.15, -0.1) is 11.3 Å². The average Bonchev–Trinajstić information content (AvgIpc) is 2.90. The molecule has 1 saturated carbocycles. The summed E-state index contributed by atoms with van der Waals surface area (Å²) in [6.07, 6.45) is 6.40. The number of thiazole rings is 1. The molecule has 1 aliphatic rings. The van der Waals surface area contributed by atoms with Gasteiger partial charge >= 0.3 is 0 Å². The van der Waals surface area contributed by atoms with Crippen molar-refractivity contribution in [3.63, 3.8) is 0 Å². The smallest absolute Gasteiger partial charge is 0.195 e. The Morgan fingerprint density at radius 2 is 2.43 bits per heavy atom. The van der Waals surface area contributed by atoms with Gasteiger partial charge in [0.2, 0.25) is 0 Å². The molecule has 3 aromatic heterocycles. The van der Waals surface area contributed by atoms with Crippen LogP contribution < -0.4 is 10.2 Å². The maximum atomic E-state index is 5.44. The van der Waals surface area contributed by atoms with Gasteiger partial charge in [0, 0.05) is 31.2 Å². The van der Waals surface area contributed by atoms with E-state index in [1.165, 1.54) is 18.5 Å². The average molecular weight is 302 g/mol. The molecule has 5 nitrogen and oxygen atoms in total. The molecule has 0 radical (unpaired) electrons. The molecule has 0 bridgehead atoms. The summed E-state index contributed by atoms with van der Waals surface area (Å²) in [5.74, 6) is 1.99. The van der Waals surface area contributed by atoms with Gasteiger partial charge in [-0.05, 0) is 25.0 Å². The number of nitrogens with one attached hydrogen (secondary N) is 1. The van der Waals surface area contributed by atoms with Crippen LogP contribution in [0.25, 0.3) is 4.96 Å². The highest BCUT2D eigenvalue weighted by Gasteiger charge is 2.23. The SMILES string of the molecule is CN(Cc1ccco1)c1nc2sccn2c1CNC1CC1. The lowest BCUT2D eigenvalue weighted by atomic mass is 10.3. The first kappa shape index (κ1) is 12.9. The Labute approximate surface area is 127 Å². The largest absolute Gasteiger partial charge is 0.467 e. The first-order valence-corrected chi connectivity index (χ1v) is 8.10. The van der Waals surface area contributed by atoms with Gasteiger partial charge in [0.25, 0.3) is 0 Å². The molecular formula is C15H18N4OS. The van der Waals surface area contributed by atoms with E-state index in [1.54, 1.807) is 17.6 Å². The first-order chi connectivity index (χ1) is 10.3. The van der Waals surface area contributed by atoms with Crippen LogP contribution in [0.1, 0.15) is 24.3 Å². The second-order valence-corrected chi connectivity index (χ2v) is 6.40. The van der Waals surface area contributed by atoms with E-state index in [9.17, 15) is 0 Å². The van der Waals surface area contributed by atoms with E-state index in [0.717, 1.165) is 29.6 Å². The predicted octanol–water partition coefficient (Wildman–Crippen LogP) is 2.88. The highest BCUT2D eigenvalue weighted by atomic mass is 32.1. The summed E-state index contributed by atoms with van der Waals surface area (Å²) in [5, 5.41) is 5.67. The molecule has 1 N–H and O–H groups in total. The fourth-order valence-electron chi connectivity index (χ4n) is 2.53. The van der Waals surface area contributed by atoms with Crippen LogP contribution in [-0.4, -0.2) is 22.5 Å². The van der Waals surface area contributed by atoms with Crippen molar-refractivity contribution in [3.05, 3.63) is 41.4 Å². The summed E-state index contributed by atoms with van der Waals surface area (Å²) < 4.78 is 7.63. The normalized spacial score (nSPS) is 14.9. The molecular weight excluding hydrogens is 284 g/mol. The van der Waals surface area contributed by atoms with Crippen molar-refractivity contribution >= 4 is 22.1 Å². The van der Waals surface area contributed by atoms with Crippen molar-refractivity contribution in [1.29, 1.82) is 0 Å². The number of imidazole rings is 1. The lowest BCUT2D eigenvalue weighted by Crippen LogP contribution is -2.22. The summed E-state index contributed by atoms with van der Waals surface area (Å²) in [7, 11) is 2.07. The highest BCUT2D eigenvalue weighted by molar-refractivity contribution is 7.15. The van der Waals surface area contributed by atoms with Crippen molar-refractivity contribution in [2.24, 2.45) is 0 Å². The molecule has 1 fully saturated rings. The van der Waals surface area contributed by atoms with Crippen LogP contribution >= 0.6 is 11.3 Å². The van der Waals surface area contributed by atoms with Gasteiger partial charge in [-0.25, -0.2) is 4.98 Å². The molecule has 110 valence electrons. The van der Waals surface area contributed by atoms with Crippen LogP contribution in [-0.2, 0) is 13.1 Å². The van der Waals surface area contributed by atoms with E-state index in [-0.39, 0.29) is 0 Å².